The number of rotatable bonds is 5. The van der Waals surface area contributed by atoms with Gasteiger partial charge in [0.05, 0.1) is 0 Å². The molecule has 3 N–H and O–H groups in total. The number of nitrogens with one attached hydrogen (secondary N) is 1. The number of hydrogen-bond acceptors (Lipinski definition) is 2. The topological polar surface area (TPSA) is 38.0 Å². The molecular weight excluding hydrogens is 184 g/mol. The Morgan fingerprint density at radius 2 is 1.87 bits per heavy atom. The van der Waals surface area contributed by atoms with Crippen LogP contribution in [0.15, 0.2) is 24.3 Å². The molecule has 0 aromatic heterocycles. The minimum absolute atomic E-state index is 0.362. The second kappa shape index (κ2) is 5.89. The van der Waals surface area contributed by atoms with Gasteiger partial charge < -0.3 is 11.1 Å². The van der Waals surface area contributed by atoms with Crippen molar-refractivity contribution in [3.63, 3.8) is 0 Å². The SMILES string of the molecule is CCc1ccc(C(NC)C(C)CN)cc1. The largest absolute Gasteiger partial charge is 0.330 e. The van der Waals surface area contributed by atoms with Gasteiger partial charge in [-0.05, 0) is 37.1 Å². The van der Waals surface area contributed by atoms with Gasteiger partial charge in [-0.3, -0.25) is 0 Å². The first-order valence-electron chi connectivity index (χ1n) is 5.69. The second-order valence-electron chi connectivity index (χ2n) is 4.07. The van der Waals surface area contributed by atoms with Crippen LogP contribution in [0.2, 0.25) is 0 Å². The molecule has 84 valence electrons. The first-order chi connectivity index (χ1) is 7.22. The van der Waals surface area contributed by atoms with Crippen LogP contribution in [0.4, 0.5) is 0 Å². The van der Waals surface area contributed by atoms with E-state index in [1.54, 1.807) is 0 Å². The third kappa shape index (κ3) is 3.05. The van der Waals surface area contributed by atoms with Crippen LogP contribution in [0.1, 0.15) is 31.0 Å². The van der Waals surface area contributed by atoms with Crippen molar-refractivity contribution >= 4 is 0 Å². The molecule has 2 atom stereocenters. The lowest BCUT2D eigenvalue weighted by Crippen LogP contribution is -2.28. The van der Waals surface area contributed by atoms with E-state index in [0.29, 0.717) is 18.5 Å². The maximum Gasteiger partial charge on any atom is 0.0355 e. The Kier molecular flexibility index (Phi) is 4.79. The molecule has 0 bridgehead atoms. The van der Waals surface area contributed by atoms with Crippen molar-refractivity contribution in [1.29, 1.82) is 0 Å². The van der Waals surface area contributed by atoms with Crippen LogP contribution in [-0.4, -0.2) is 13.6 Å². The highest BCUT2D eigenvalue weighted by Gasteiger charge is 2.15. The van der Waals surface area contributed by atoms with E-state index in [4.69, 9.17) is 5.73 Å². The fourth-order valence-corrected chi connectivity index (χ4v) is 1.88. The molecule has 2 nitrogen and oxygen atoms in total. The molecule has 0 fully saturated rings. The minimum atomic E-state index is 0.362. The monoisotopic (exact) mass is 206 g/mol. The van der Waals surface area contributed by atoms with Crippen molar-refractivity contribution in [3.05, 3.63) is 35.4 Å². The van der Waals surface area contributed by atoms with Gasteiger partial charge in [0, 0.05) is 6.04 Å². The Balaban J connectivity index is 2.83. The summed E-state index contributed by atoms with van der Waals surface area (Å²) in [7, 11) is 1.99. The van der Waals surface area contributed by atoms with E-state index in [1.807, 2.05) is 7.05 Å². The Hall–Kier alpha value is -0.860. The average molecular weight is 206 g/mol. The van der Waals surface area contributed by atoms with E-state index in [9.17, 15) is 0 Å². The van der Waals surface area contributed by atoms with Crippen molar-refractivity contribution in [1.82, 2.24) is 5.32 Å². The van der Waals surface area contributed by atoms with Gasteiger partial charge in [0.1, 0.15) is 0 Å². The van der Waals surface area contributed by atoms with Gasteiger partial charge in [-0.25, -0.2) is 0 Å². The fourth-order valence-electron chi connectivity index (χ4n) is 1.88. The van der Waals surface area contributed by atoms with Crippen molar-refractivity contribution in [2.24, 2.45) is 11.7 Å². The summed E-state index contributed by atoms with van der Waals surface area (Å²) in [6.45, 7) is 5.06. The molecule has 1 aromatic rings. The summed E-state index contributed by atoms with van der Waals surface area (Å²) in [5.41, 5.74) is 8.41. The Morgan fingerprint density at radius 1 is 1.27 bits per heavy atom. The van der Waals surface area contributed by atoms with Gasteiger partial charge in [-0.2, -0.15) is 0 Å². The summed E-state index contributed by atoms with van der Waals surface area (Å²) in [5, 5.41) is 3.33. The maximum atomic E-state index is 5.70. The fraction of sp³-hybridized carbons (Fsp3) is 0.538. The summed E-state index contributed by atoms with van der Waals surface area (Å²) < 4.78 is 0. The van der Waals surface area contributed by atoms with Crippen molar-refractivity contribution in [3.8, 4) is 0 Å². The smallest absolute Gasteiger partial charge is 0.0355 e. The molecule has 0 radical (unpaired) electrons. The zero-order chi connectivity index (χ0) is 11.3. The predicted molar refractivity (Wildman–Crippen MR) is 65.8 cm³/mol. The minimum Gasteiger partial charge on any atom is -0.330 e. The molecule has 0 saturated carbocycles. The zero-order valence-electron chi connectivity index (χ0n) is 9.96. The van der Waals surface area contributed by atoms with E-state index in [-0.39, 0.29) is 0 Å². The van der Waals surface area contributed by atoms with E-state index >= 15 is 0 Å². The predicted octanol–water partition coefficient (Wildman–Crippen LogP) is 2.10. The average Bonchev–Trinajstić information content (AvgIpc) is 2.30. The Labute approximate surface area is 92.9 Å². The third-order valence-electron chi connectivity index (χ3n) is 3.00. The van der Waals surface area contributed by atoms with E-state index < -0.39 is 0 Å². The Morgan fingerprint density at radius 3 is 2.27 bits per heavy atom. The molecule has 0 heterocycles. The van der Waals surface area contributed by atoms with Crippen molar-refractivity contribution in [2.45, 2.75) is 26.3 Å². The molecule has 0 amide bonds. The first-order valence-corrected chi connectivity index (χ1v) is 5.69. The van der Waals surface area contributed by atoms with Crippen LogP contribution in [-0.2, 0) is 6.42 Å². The van der Waals surface area contributed by atoms with Crippen molar-refractivity contribution in [2.75, 3.05) is 13.6 Å². The molecule has 0 aliphatic heterocycles. The molecule has 1 rings (SSSR count). The van der Waals surface area contributed by atoms with Crippen LogP contribution < -0.4 is 11.1 Å². The summed E-state index contributed by atoms with van der Waals surface area (Å²) in [4.78, 5) is 0. The van der Waals surface area contributed by atoms with Crippen LogP contribution >= 0.6 is 0 Å². The third-order valence-corrected chi connectivity index (χ3v) is 3.00. The standard InChI is InChI=1S/C13H22N2/c1-4-11-5-7-12(8-6-11)13(15-3)10(2)9-14/h5-8,10,13,15H,4,9,14H2,1-3H3. The van der Waals surface area contributed by atoms with Crippen molar-refractivity contribution < 1.29 is 0 Å². The van der Waals surface area contributed by atoms with Crippen LogP contribution in [0, 0.1) is 5.92 Å². The number of benzene rings is 1. The van der Waals surface area contributed by atoms with Gasteiger partial charge in [0.2, 0.25) is 0 Å². The first kappa shape index (κ1) is 12.2. The lowest BCUT2D eigenvalue weighted by molar-refractivity contribution is 0.419. The van der Waals surface area contributed by atoms with Gasteiger partial charge in [-0.1, -0.05) is 38.1 Å². The van der Waals surface area contributed by atoms with Crippen LogP contribution in [0.25, 0.3) is 0 Å². The summed E-state index contributed by atoms with van der Waals surface area (Å²) in [5.74, 6) is 0.461. The van der Waals surface area contributed by atoms with Gasteiger partial charge in [0.25, 0.3) is 0 Å². The Bertz CT molecular complexity index is 279. The normalized spacial score (nSPS) is 14.9. The zero-order valence-corrected chi connectivity index (χ0v) is 9.96. The van der Waals surface area contributed by atoms with Crippen LogP contribution in [0.5, 0.6) is 0 Å². The van der Waals surface area contributed by atoms with Gasteiger partial charge in [0.15, 0.2) is 0 Å². The molecule has 0 aliphatic rings. The van der Waals surface area contributed by atoms with Crippen LogP contribution in [0.3, 0.4) is 0 Å². The summed E-state index contributed by atoms with van der Waals surface area (Å²) in [6.07, 6.45) is 1.09. The molecule has 0 aliphatic carbocycles. The molecule has 0 spiro atoms. The highest BCUT2D eigenvalue weighted by Crippen LogP contribution is 2.21. The molecule has 2 unspecified atom stereocenters. The van der Waals surface area contributed by atoms with E-state index in [1.165, 1.54) is 11.1 Å². The number of aryl methyl sites for hydroxylation is 1. The highest BCUT2D eigenvalue weighted by molar-refractivity contribution is 5.25. The quantitative estimate of drug-likeness (QED) is 0.774. The molecular formula is C13H22N2. The molecule has 0 saturated heterocycles. The maximum absolute atomic E-state index is 5.70. The second-order valence-corrected chi connectivity index (χ2v) is 4.07. The summed E-state index contributed by atoms with van der Waals surface area (Å²) >= 11 is 0. The number of hydrogen-bond donors (Lipinski definition) is 2. The summed E-state index contributed by atoms with van der Waals surface area (Å²) in [6, 6.07) is 9.16. The van der Waals surface area contributed by atoms with Gasteiger partial charge >= 0.3 is 0 Å². The number of nitrogens with two attached hydrogens (primary N) is 1. The van der Waals surface area contributed by atoms with E-state index in [2.05, 4.69) is 43.4 Å². The molecule has 1 aromatic carbocycles. The molecule has 15 heavy (non-hydrogen) atoms. The lowest BCUT2D eigenvalue weighted by Gasteiger charge is -2.22. The van der Waals surface area contributed by atoms with E-state index in [0.717, 1.165) is 6.42 Å². The lowest BCUT2D eigenvalue weighted by atomic mass is 9.94. The molecule has 2 heteroatoms. The van der Waals surface area contributed by atoms with Gasteiger partial charge in [-0.15, -0.1) is 0 Å². The highest BCUT2D eigenvalue weighted by atomic mass is 14.9.